The molecule has 2 aliphatic heterocycles. The van der Waals surface area contributed by atoms with Crippen LogP contribution in [0.4, 0.5) is 0 Å². The Balaban J connectivity index is 1.50. The van der Waals surface area contributed by atoms with Crippen molar-refractivity contribution >= 4 is 11.8 Å². The number of likely N-dealkylation sites (tertiary alicyclic amines) is 1. The summed E-state index contributed by atoms with van der Waals surface area (Å²) >= 11 is 0. The first kappa shape index (κ1) is 18.8. The highest BCUT2D eigenvalue weighted by Gasteiger charge is 2.73. The standard InChI is InChI=1S/C24H29NO5/c1-13(2)22(27)29-17-6-5-15-11-18-24(28)8-7-16(26)21-23(24,19(15)20(17)30-21)9-10-25(18)12-14-3-4-14/h5-6,13-14,18,21,28H,3-4,7-12H2,1-2H3/t18-,21+,23+,24-/m1/s1. The molecule has 4 atom stereocenters. The molecule has 2 saturated carbocycles. The van der Waals surface area contributed by atoms with Crippen molar-refractivity contribution in [2.45, 2.75) is 75.5 Å². The second-order valence-corrected chi connectivity index (χ2v) is 10.3. The van der Waals surface area contributed by atoms with Gasteiger partial charge in [-0.3, -0.25) is 14.5 Å². The molecule has 3 fully saturated rings. The van der Waals surface area contributed by atoms with Crippen LogP contribution in [0.5, 0.6) is 11.5 Å². The second-order valence-electron chi connectivity index (χ2n) is 10.3. The van der Waals surface area contributed by atoms with E-state index in [9.17, 15) is 14.7 Å². The van der Waals surface area contributed by atoms with E-state index >= 15 is 0 Å². The lowest BCUT2D eigenvalue weighted by molar-refractivity contribution is -0.188. The van der Waals surface area contributed by atoms with Gasteiger partial charge in [-0.05, 0) is 56.2 Å². The van der Waals surface area contributed by atoms with Crippen LogP contribution < -0.4 is 9.47 Å². The highest BCUT2D eigenvalue weighted by atomic mass is 16.6. The number of rotatable bonds is 4. The van der Waals surface area contributed by atoms with Gasteiger partial charge in [0.05, 0.1) is 16.9 Å². The van der Waals surface area contributed by atoms with E-state index in [1.54, 1.807) is 19.9 Å². The van der Waals surface area contributed by atoms with Gasteiger partial charge >= 0.3 is 5.97 Å². The van der Waals surface area contributed by atoms with Crippen molar-refractivity contribution < 1.29 is 24.2 Å². The zero-order chi connectivity index (χ0) is 20.8. The average molecular weight is 411 g/mol. The monoisotopic (exact) mass is 411 g/mol. The van der Waals surface area contributed by atoms with Gasteiger partial charge in [-0.15, -0.1) is 0 Å². The van der Waals surface area contributed by atoms with Crippen molar-refractivity contribution in [1.82, 2.24) is 4.90 Å². The lowest BCUT2D eigenvalue weighted by atomic mass is 9.49. The summed E-state index contributed by atoms with van der Waals surface area (Å²) in [6.07, 6.45) is 4.13. The smallest absolute Gasteiger partial charge is 0.313 e. The number of carbonyl (C=O) groups excluding carboxylic acids is 2. The number of ether oxygens (including phenoxy) is 2. The number of Topliss-reactive ketones (excluding diaryl/α,β-unsaturated/α-hetero) is 1. The number of nitrogens with zero attached hydrogens (tertiary/aromatic N) is 1. The molecule has 1 N–H and O–H groups in total. The molecule has 0 unspecified atom stereocenters. The first-order chi connectivity index (χ1) is 14.3. The van der Waals surface area contributed by atoms with Crippen molar-refractivity contribution in [1.29, 1.82) is 0 Å². The fourth-order valence-electron chi connectivity index (χ4n) is 6.56. The van der Waals surface area contributed by atoms with Crippen LogP contribution in [-0.2, 0) is 21.4 Å². The molecule has 6 rings (SSSR count). The summed E-state index contributed by atoms with van der Waals surface area (Å²) < 4.78 is 11.9. The Morgan fingerprint density at radius 2 is 2.13 bits per heavy atom. The van der Waals surface area contributed by atoms with Crippen LogP contribution in [-0.4, -0.2) is 52.6 Å². The maximum atomic E-state index is 13.0. The molecule has 1 aromatic carbocycles. The zero-order valence-corrected chi connectivity index (χ0v) is 17.6. The molecule has 0 amide bonds. The van der Waals surface area contributed by atoms with Crippen molar-refractivity contribution in [2.24, 2.45) is 11.8 Å². The van der Waals surface area contributed by atoms with Gasteiger partial charge in [0.15, 0.2) is 23.4 Å². The topological polar surface area (TPSA) is 76.1 Å². The Kier molecular flexibility index (Phi) is 3.81. The summed E-state index contributed by atoms with van der Waals surface area (Å²) in [5.41, 5.74) is 0.342. The van der Waals surface area contributed by atoms with Gasteiger partial charge in [0.2, 0.25) is 0 Å². The normalized spacial score (nSPS) is 36.5. The van der Waals surface area contributed by atoms with Gasteiger partial charge < -0.3 is 14.6 Å². The highest BCUT2D eigenvalue weighted by Crippen LogP contribution is 2.65. The van der Waals surface area contributed by atoms with E-state index in [2.05, 4.69) is 4.90 Å². The minimum absolute atomic E-state index is 0.00793. The summed E-state index contributed by atoms with van der Waals surface area (Å²) in [6.45, 7) is 5.49. The Morgan fingerprint density at radius 3 is 2.87 bits per heavy atom. The number of aliphatic hydroxyl groups is 1. The quantitative estimate of drug-likeness (QED) is 0.606. The van der Waals surface area contributed by atoms with Crippen molar-refractivity contribution in [3.63, 3.8) is 0 Å². The molecule has 3 aliphatic carbocycles. The third-order valence-electron chi connectivity index (χ3n) is 8.22. The van der Waals surface area contributed by atoms with Crippen molar-refractivity contribution in [3.05, 3.63) is 23.3 Å². The number of hydrogen-bond acceptors (Lipinski definition) is 6. The summed E-state index contributed by atoms with van der Waals surface area (Å²) in [5, 5.41) is 12.2. The Bertz CT molecular complexity index is 953. The molecule has 6 heteroatoms. The van der Waals surface area contributed by atoms with E-state index in [1.165, 1.54) is 12.8 Å². The van der Waals surface area contributed by atoms with Crippen LogP contribution in [0.2, 0.25) is 0 Å². The van der Waals surface area contributed by atoms with E-state index in [0.29, 0.717) is 30.8 Å². The molecular formula is C24H29NO5. The van der Waals surface area contributed by atoms with Crippen molar-refractivity contribution in [2.75, 3.05) is 13.1 Å². The van der Waals surface area contributed by atoms with Crippen LogP contribution >= 0.6 is 0 Å². The summed E-state index contributed by atoms with van der Waals surface area (Å²) in [7, 11) is 0. The fraction of sp³-hybridized carbons (Fsp3) is 0.667. The van der Waals surface area contributed by atoms with Crippen molar-refractivity contribution in [3.8, 4) is 11.5 Å². The summed E-state index contributed by atoms with van der Waals surface area (Å²) in [4.78, 5) is 27.8. The van der Waals surface area contributed by atoms with E-state index in [-0.39, 0.29) is 23.7 Å². The van der Waals surface area contributed by atoms with Crippen LogP contribution in [0.1, 0.15) is 57.1 Å². The molecule has 6 nitrogen and oxygen atoms in total. The minimum atomic E-state index is -0.988. The highest BCUT2D eigenvalue weighted by molar-refractivity contribution is 5.90. The van der Waals surface area contributed by atoms with Gasteiger partial charge in [-0.25, -0.2) is 0 Å². The largest absolute Gasteiger partial charge is 0.477 e. The molecule has 30 heavy (non-hydrogen) atoms. The van der Waals surface area contributed by atoms with E-state index in [0.717, 1.165) is 36.6 Å². The number of hydrogen-bond donors (Lipinski definition) is 1. The molecule has 5 aliphatic rings. The third kappa shape index (κ3) is 2.27. The molecule has 1 aromatic rings. The van der Waals surface area contributed by atoms with Crippen LogP contribution in [0, 0.1) is 11.8 Å². The molecule has 1 spiro atoms. The van der Waals surface area contributed by atoms with E-state index in [1.807, 2.05) is 6.07 Å². The molecular weight excluding hydrogens is 382 g/mol. The number of carbonyl (C=O) groups is 2. The predicted octanol–water partition coefficient (Wildman–Crippen LogP) is 2.38. The fourth-order valence-corrected chi connectivity index (χ4v) is 6.56. The van der Waals surface area contributed by atoms with Gasteiger partial charge in [-0.2, -0.15) is 0 Å². The van der Waals surface area contributed by atoms with Crippen LogP contribution in [0.3, 0.4) is 0 Å². The Morgan fingerprint density at radius 1 is 1.33 bits per heavy atom. The maximum absolute atomic E-state index is 13.0. The summed E-state index contributed by atoms with van der Waals surface area (Å²) in [6, 6.07) is 3.83. The van der Waals surface area contributed by atoms with E-state index < -0.39 is 17.1 Å². The summed E-state index contributed by atoms with van der Waals surface area (Å²) in [5.74, 6) is 1.11. The average Bonchev–Trinajstić information content (AvgIpc) is 3.45. The lowest BCUT2D eigenvalue weighted by Crippen LogP contribution is -2.76. The van der Waals surface area contributed by atoms with Crippen LogP contribution in [0.25, 0.3) is 0 Å². The molecule has 160 valence electrons. The Hall–Kier alpha value is -1.92. The molecule has 2 bridgehead atoms. The number of esters is 1. The van der Waals surface area contributed by atoms with Gasteiger partial charge in [0.1, 0.15) is 0 Å². The molecule has 2 heterocycles. The first-order valence-corrected chi connectivity index (χ1v) is 11.4. The van der Waals surface area contributed by atoms with Gasteiger partial charge in [0, 0.05) is 24.6 Å². The minimum Gasteiger partial charge on any atom is -0.477 e. The SMILES string of the molecule is CC(C)C(=O)Oc1ccc2c3c1O[C@H]1C(=O)CC[C@@]4(O)[C@@H](C2)N(CC2CC2)CC[C@]314. The van der Waals surface area contributed by atoms with Crippen LogP contribution in [0.15, 0.2) is 12.1 Å². The van der Waals surface area contributed by atoms with Gasteiger partial charge in [-0.1, -0.05) is 19.9 Å². The zero-order valence-electron chi connectivity index (χ0n) is 17.6. The third-order valence-corrected chi connectivity index (χ3v) is 8.22. The Labute approximate surface area is 176 Å². The molecule has 0 radical (unpaired) electrons. The molecule has 0 aromatic heterocycles. The molecule has 1 saturated heterocycles. The predicted molar refractivity (Wildman–Crippen MR) is 109 cm³/mol. The number of piperidine rings is 1. The lowest BCUT2D eigenvalue weighted by Gasteiger charge is -2.62. The number of ketones is 1. The van der Waals surface area contributed by atoms with E-state index in [4.69, 9.17) is 9.47 Å². The maximum Gasteiger partial charge on any atom is 0.313 e. The second kappa shape index (κ2) is 6.07. The number of benzene rings is 1. The van der Waals surface area contributed by atoms with Gasteiger partial charge in [0.25, 0.3) is 0 Å². The first-order valence-electron chi connectivity index (χ1n) is 11.4.